The van der Waals surface area contributed by atoms with Gasteiger partial charge in [0.05, 0.1) is 5.69 Å². The first-order valence-corrected chi connectivity index (χ1v) is 12.1. The van der Waals surface area contributed by atoms with Crippen molar-refractivity contribution in [2.24, 2.45) is 0 Å². The zero-order chi connectivity index (χ0) is 25.7. The lowest BCUT2D eigenvalue weighted by Crippen LogP contribution is -2.33. The van der Waals surface area contributed by atoms with E-state index in [0.29, 0.717) is 49.0 Å². The Hall–Kier alpha value is -3.42. The van der Waals surface area contributed by atoms with Crippen LogP contribution in [0.1, 0.15) is 21.7 Å². The van der Waals surface area contributed by atoms with Crippen molar-refractivity contribution in [2.45, 2.75) is 0 Å². The van der Waals surface area contributed by atoms with Gasteiger partial charge in [0, 0.05) is 37.8 Å². The summed E-state index contributed by atoms with van der Waals surface area (Å²) in [6, 6.07) is 22.1. The van der Waals surface area contributed by atoms with Gasteiger partial charge < -0.3 is 9.73 Å². The van der Waals surface area contributed by atoms with Gasteiger partial charge in [0.15, 0.2) is 10.9 Å². The zero-order valence-corrected chi connectivity index (χ0v) is 21.5. The number of hydrogen-bond acceptors (Lipinski definition) is 4. The van der Waals surface area contributed by atoms with Crippen LogP contribution in [0.4, 0.5) is 5.69 Å². The van der Waals surface area contributed by atoms with E-state index in [4.69, 9.17) is 51.4 Å². The lowest BCUT2D eigenvalue weighted by atomic mass is 10.0. The summed E-state index contributed by atoms with van der Waals surface area (Å²) in [6.45, 7) is 0. The summed E-state index contributed by atoms with van der Waals surface area (Å²) >= 11 is 23.5. The van der Waals surface area contributed by atoms with Crippen LogP contribution in [0.3, 0.4) is 0 Å². The molecular weight excluding hydrogens is 539 g/mol. The molecule has 9 heteroatoms. The molecule has 1 heterocycles. The second kappa shape index (κ2) is 11.5. The Morgan fingerprint density at radius 2 is 1.56 bits per heavy atom. The van der Waals surface area contributed by atoms with Crippen LogP contribution in [0.2, 0.25) is 15.1 Å². The van der Waals surface area contributed by atoms with Crippen LogP contribution in [0.25, 0.3) is 17.4 Å². The number of carbonyl (C=O) groups excluding carboxylic acids is 2. The van der Waals surface area contributed by atoms with Gasteiger partial charge in [0.25, 0.3) is 0 Å². The molecule has 0 spiro atoms. The Morgan fingerprint density at radius 3 is 2.28 bits per heavy atom. The molecule has 0 radical (unpaired) electrons. The average molecular weight is 556 g/mol. The maximum Gasteiger partial charge on any atom is 0.250 e. The quantitative estimate of drug-likeness (QED) is 0.145. The van der Waals surface area contributed by atoms with Gasteiger partial charge in [-0.05, 0) is 66.8 Å². The fourth-order valence-corrected chi connectivity index (χ4v) is 4.23. The van der Waals surface area contributed by atoms with Crippen molar-refractivity contribution in [1.29, 1.82) is 0 Å². The minimum Gasteiger partial charge on any atom is -0.457 e. The van der Waals surface area contributed by atoms with Crippen molar-refractivity contribution >= 4 is 75.6 Å². The molecule has 0 fully saturated rings. The topological polar surface area (TPSA) is 71.3 Å². The van der Waals surface area contributed by atoms with E-state index in [2.05, 4.69) is 10.6 Å². The fraction of sp³-hybridized carbons (Fsp3) is 0. The number of anilines is 1. The Balaban J connectivity index is 1.41. The van der Waals surface area contributed by atoms with Gasteiger partial charge in [-0.25, -0.2) is 0 Å². The largest absolute Gasteiger partial charge is 0.457 e. The minimum absolute atomic E-state index is 0.0165. The molecule has 1 amide bonds. The second-order valence-corrected chi connectivity index (χ2v) is 9.24. The Morgan fingerprint density at radius 1 is 0.833 bits per heavy atom. The summed E-state index contributed by atoms with van der Waals surface area (Å²) in [4.78, 5) is 25.3. The zero-order valence-electron chi connectivity index (χ0n) is 18.4. The molecule has 0 aliphatic rings. The van der Waals surface area contributed by atoms with E-state index in [-0.39, 0.29) is 10.9 Å². The molecule has 0 saturated heterocycles. The first kappa shape index (κ1) is 25.7. The summed E-state index contributed by atoms with van der Waals surface area (Å²) < 4.78 is 5.74. The molecule has 0 aliphatic carbocycles. The minimum atomic E-state index is -0.485. The molecule has 36 heavy (non-hydrogen) atoms. The van der Waals surface area contributed by atoms with Crippen LogP contribution in [-0.4, -0.2) is 16.8 Å². The molecule has 4 rings (SSSR count). The third-order valence-electron chi connectivity index (χ3n) is 4.92. The molecule has 0 aliphatic heterocycles. The van der Waals surface area contributed by atoms with E-state index in [9.17, 15) is 9.59 Å². The van der Waals surface area contributed by atoms with E-state index >= 15 is 0 Å². The molecule has 0 unspecified atom stereocenters. The van der Waals surface area contributed by atoms with Crippen molar-refractivity contribution in [3.63, 3.8) is 0 Å². The summed E-state index contributed by atoms with van der Waals surface area (Å²) in [6.07, 6.45) is 2.78. The number of benzene rings is 3. The number of hydrogen-bond donors (Lipinski definition) is 2. The fourth-order valence-electron chi connectivity index (χ4n) is 3.32. The summed E-state index contributed by atoms with van der Waals surface area (Å²) in [5, 5.41) is 6.83. The monoisotopic (exact) mass is 554 g/mol. The van der Waals surface area contributed by atoms with Gasteiger partial charge in [-0.1, -0.05) is 65.1 Å². The SMILES string of the molecule is O=C(/C=C/c1ccc(-c2cc(Cl)cc(Cl)c2)o1)NC(=S)Nc1ccc(Cl)cc1C(=O)c1ccccc1. The number of halogens is 3. The van der Waals surface area contributed by atoms with Crippen molar-refractivity contribution in [1.82, 2.24) is 5.32 Å². The second-order valence-electron chi connectivity index (χ2n) is 7.52. The molecule has 5 nitrogen and oxygen atoms in total. The predicted molar refractivity (Wildman–Crippen MR) is 149 cm³/mol. The lowest BCUT2D eigenvalue weighted by molar-refractivity contribution is -0.115. The van der Waals surface area contributed by atoms with Gasteiger partial charge >= 0.3 is 0 Å². The lowest BCUT2D eigenvalue weighted by Gasteiger charge is -2.13. The van der Waals surface area contributed by atoms with Crippen molar-refractivity contribution < 1.29 is 14.0 Å². The Kier molecular flexibility index (Phi) is 8.23. The Labute approximate surface area is 227 Å². The summed E-state index contributed by atoms with van der Waals surface area (Å²) in [5.74, 6) is 0.281. The maximum atomic E-state index is 13.0. The van der Waals surface area contributed by atoms with E-state index in [1.165, 1.54) is 12.2 Å². The van der Waals surface area contributed by atoms with E-state index in [0.717, 1.165) is 0 Å². The third-order valence-corrected chi connectivity index (χ3v) is 5.80. The normalized spacial score (nSPS) is 10.9. The molecule has 2 N–H and O–H groups in total. The van der Waals surface area contributed by atoms with E-state index in [1.54, 1.807) is 72.8 Å². The first-order chi connectivity index (χ1) is 17.3. The molecular formula is C27H17Cl3N2O3S. The number of thiocarbonyl (C=S) groups is 1. The molecule has 0 bridgehead atoms. The number of nitrogens with one attached hydrogen (secondary N) is 2. The van der Waals surface area contributed by atoms with E-state index in [1.807, 2.05) is 6.07 Å². The van der Waals surface area contributed by atoms with Crippen LogP contribution < -0.4 is 10.6 Å². The Bertz CT molecular complexity index is 1460. The molecule has 0 saturated carbocycles. The van der Waals surface area contributed by atoms with Crippen LogP contribution in [-0.2, 0) is 4.79 Å². The van der Waals surface area contributed by atoms with Crippen molar-refractivity contribution in [3.8, 4) is 11.3 Å². The number of rotatable bonds is 6. The van der Waals surface area contributed by atoms with Gasteiger partial charge in [0.1, 0.15) is 11.5 Å². The highest BCUT2D eigenvalue weighted by Crippen LogP contribution is 2.29. The summed E-state index contributed by atoms with van der Waals surface area (Å²) in [5.41, 5.74) is 1.95. The number of ketones is 1. The van der Waals surface area contributed by atoms with Crippen molar-refractivity contribution in [2.75, 3.05) is 5.32 Å². The maximum absolute atomic E-state index is 13.0. The van der Waals surface area contributed by atoms with Crippen LogP contribution in [0, 0.1) is 0 Å². The molecule has 1 aromatic heterocycles. The highest BCUT2D eigenvalue weighted by Gasteiger charge is 2.15. The van der Waals surface area contributed by atoms with Gasteiger partial charge in [-0.2, -0.15) is 0 Å². The van der Waals surface area contributed by atoms with Crippen LogP contribution in [0.5, 0.6) is 0 Å². The summed E-state index contributed by atoms with van der Waals surface area (Å²) in [7, 11) is 0. The molecule has 180 valence electrons. The van der Waals surface area contributed by atoms with Gasteiger partial charge in [0.2, 0.25) is 5.91 Å². The molecule has 0 atom stereocenters. The highest BCUT2D eigenvalue weighted by atomic mass is 35.5. The molecule has 4 aromatic rings. The number of carbonyl (C=O) groups is 2. The average Bonchev–Trinajstić information content (AvgIpc) is 3.33. The van der Waals surface area contributed by atoms with Crippen molar-refractivity contribution in [3.05, 3.63) is 117 Å². The highest BCUT2D eigenvalue weighted by molar-refractivity contribution is 7.80. The van der Waals surface area contributed by atoms with Crippen LogP contribution in [0.15, 0.2) is 89.4 Å². The first-order valence-electron chi connectivity index (χ1n) is 10.5. The number of furan rings is 1. The third kappa shape index (κ3) is 6.62. The van der Waals surface area contributed by atoms with E-state index < -0.39 is 5.91 Å². The van der Waals surface area contributed by atoms with Gasteiger partial charge in [-0.3, -0.25) is 14.9 Å². The standard InChI is InChI=1S/C27H17Cl3N2O3S/c28-18-6-9-23(22(15-18)26(34)16-4-2-1-3-5-16)31-27(36)32-25(33)11-8-21-7-10-24(35-21)17-12-19(29)14-20(30)13-17/h1-15H,(H2,31,32,33,36)/b11-8+. The molecule has 3 aromatic carbocycles. The predicted octanol–water partition coefficient (Wildman–Crippen LogP) is 7.66. The van der Waals surface area contributed by atoms with Gasteiger partial charge in [-0.15, -0.1) is 0 Å². The van der Waals surface area contributed by atoms with Crippen LogP contribution >= 0.6 is 47.0 Å². The number of amides is 1. The smallest absolute Gasteiger partial charge is 0.250 e.